The smallest absolute Gasteiger partial charge is 0.0733 e. The molecular weight excluding hydrogens is 200 g/mol. The Morgan fingerprint density at radius 3 is 3.06 bits per heavy atom. The van der Waals surface area contributed by atoms with Gasteiger partial charge in [0.25, 0.3) is 0 Å². The summed E-state index contributed by atoms with van der Waals surface area (Å²) in [5.74, 6) is 0. The highest BCUT2D eigenvalue weighted by Crippen LogP contribution is 2.35. The van der Waals surface area contributed by atoms with Crippen LogP contribution in [0.25, 0.3) is 0 Å². The van der Waals surface area contributed by atoms with Gasteiger partial charge in [0.1, 0.15) is 0 Å². The first kappa shape index (κ1) is 10.2. The molecule has 0 aromatic carbocycles. The zero-order valence-electron chi connectivity index (χ0n) is 9.60. The highest BCUT2D eigenvalue weighted by molar-refractivity contribution is 5.13. The van der Waals surface area contributed by atoms with Crippen LogP contribution < -0.4 is 5.32 Å². The molecule has 2 fully saturated rings. The molecule has 1 aromatic rings. The van der Waals surface area contributed by atoms with Crippen LogP contribution in [0.1, 0.15) is 37.8 Å². The van der Waals surface area contributed by atoms with Gasteiger partial charge in [-0.15, -0.1) is 0 Å². The molecule has 2 aliphatic rings. The van der Waals surface area contributed by atoms with Gasteiger partial charge in [-0.25, -0.2) is 0 Å². The number of hydrogen-bond donors (Lipinski definition) is 1. The number of fused-ring (bicyclic) bond motifs is 2. The van der Waals surface area contributed by atoms with Gasteiger partial charge >= 0.3 is 0 Å². The number of aromatic nitrogens is 1. The molecule has 0 radical (unpaired) electrons. The second-order valence-electron chi connectivity index (χ2n) is 4.89. The zero-order valence-corrected chi connectivity index (χ0v) is 9.60. The van der Waals surface area contributed by atoms with Crippen LogP contribution in [0.4, 0.5) is 0 Å². The fraction of sp³-hybridized carbons (Fsp3) is 0.615. The van der Waals surface area contributed by atoms with Crippen molar-refractivity contribution < 1.29 is 4.74 Å². The third kappa shape index (κ3) is 1.85. The summed E-state index contributed by atoms with van der Waals surface area (Å²) in [4.78, 5) is 4.16. The quantitative estimate of drug-likeness (QED) is 0.843. The van der Waals surface area contributed by atoms with Crippen molar-refractivity contribution in [2.24, 2.45) is 0 Å². The molecule has 4 unspecified atom stereocenters. The van der Waals surface area contributed by atoms with E-state index < -0.39 is 0 Å². The molecule has 4 atom stereocenters. The van der Waals surface area contributed by atoms with Gasteiger partial charge in [-0.1, -0.05) is 6.07 Å². The Bertz CT molecular complexity index is 354. The lowest BCUT2D eigenvalue weighted by atomic mass is 9.94. The van der Waals surface area contributed by atoms with E-state index in [9.17, 15) is 0 Å². The first-order valence-corrected chi connectivity index (χ1v) is 6.14. The van der Waals surface area contributed by atoms with Crippen molar-refractivity contribution in [2.75, 3.05) is 0 Å². The number of rotatable bonds is 3. The number of nitrogens with zero attached hydrogens (tertiary/aromatic N) is 1. The molecule has 2 aliphatic heterocycles. The maximum absolute atomic E-state index is 5.84. The molecule has 2 bridgehead atoms. The van der Waals surface area contributed by atoms with Gasteiger partial charge in [-0.2, -0.15) is 0 Å². The minimum absolute atomic E-state index is 0.363. The first-order chi connectivity index (χ1) is 7.83. The van der Waals surface area contributed by atoms with E-state index in [-0.39, 0.29) is 0 Å². The van der Waals surface area contributed by atoms with Crippen molar-refractivity contribution in [1.82, 2.24) is 10.3 Å². The summed E-state index contributed by atoms with van der Waals surface area (Å²) < 4.78 is 5.84. The second-order valence-corrected chi connectivity index (χ2v) is 4.89. The lowest BCUT2D eigenvalue weighted by Gasteiger charge is -2.24. The van der Waals surface area contributed by atoms with Crippen molar-refractivity contribution in [2.45, 2.75) is 50.5 Å². The average molecular weight is 218 g/mol. The van der Waals surface area contributed by atoms with E-state index in [1.54, 1.807) is 0 Å². The lowest BCUT2D eigenvalue weighted by molar-refractivity contribution is 0.0962. The Morgan fingerprint density at radius 1 is 1.50 bits per heavy atom. The van der Waals surface area contributed by atoms with Gasteiger partial charge in [-0.05, 0) is 37.8 Å². The Morgan fingerprint density at radius 2 is 2.44 bits per heavy atom. The van der Waals surface area contributed by atoms with Crippen molar-refractivity contribution in [3.63, 3.8) is 0 Å². The largest absolute Gasteiger partial charge is 0.373 e. The number of ether oxygens (including phenoxy) is 1. The fourth-order valence-electron chi connectivity index (χ4n) is 2.86. The van der Waals surface area contributed by atoms with Crippen LogP contribution >= 0.6 is 0 Å². The van der Waals surface area contributed by atoms with Gasteiger partial charge in [0, 0.05) is 24.5 Å². The molecular formula is C13H18N2O. The van der Waals surface area contributed by atoms with E-state index in [0.29, 0.717) is 24.3 Å². The summed E-state index contributed by atoms with van der Waals surface area (Å²) in [5.41, 5.74) is 1.25. The third-order valence-electron chi connectivity index (χ3n) is 3.75. The molecule has 1 aromatic heterocycles. The summed E-state index contributed by atoms with van der Waals surface area (Å²) in [7, 11) is 0. The van der Waals surface area contributed by atoms with E-state index in [1.165, 1.54) is 24.8 Å². The van der Waals surface area contributed by atoms with Crippen molar-refractivity contribution >= 4 is 0 Å². The van der Waals surface area contributed by atoms with Crippen LogP contribution in [0, 0.1) is 0 Å². The molecule has 3 nitrogen and oxygen atoms in total. The van der Waals surface area contributed by atoms with Crippen molar-refractivity contribution in [3.8, 4) is 0 Å². The van der Waals surface area contributed by atoms with Gasteiger partial charge in [0.2, 0.25) is 0 Å². The van der Waals surface area contributed by atoms with Crippen LogP contribution in [-0.4, -0.2) is 23.2 Å². The molecule has 3 heteroatoms. The highest BCUT2D eigenvalue weighted by Gasteiger charge is 2.40. The van der Waals surface area contributed by atoms with Crippen LogP contribution in [-0.2, 0) is 4.74 Å². The van der Waals surface area contributed by atoms with Crippen LogP contribution in [0.15, 0.2) is 24.5 Å². The zero-order chi connectivity index (χ0) is 11.0. The molecule has 0 amide bonds. The standard InChI is InChI=1S/C13H18N2O/c1-9(10-3-2-6-14-8-10)15-12-7-11-4-5-13(12)16-11/h2-3,6,8-9,11-13,15H,4-5,7H2,1H3. The summed E-state index contributed by atoms with van der Waals surface area (Å²) in [5, 5.41) is 3.66. The van der Waals surface area contributed by atoms with Crippen LogP contribution in [0.5, 0.6) is 0 Å². The maximum atomic E-state index is 5.84. The summed E-state index contributed by atoms with van der Waals surface area (Å²) in [6.07, 6.45) is 8.37. The van der Waals surface area contributed by atoms with Gasteiger partial charge in [-0.3, -0.25) is 4.98 Å². The predicted molar refractivity (Wildman–Crippen MR) is 62.1 cm³/mol. The first-order valence-electron chi connectivity index (χ1n) is 6.14. The maximum Gasteiger partial charge on any atom is 0.0733 e. The normalized spacial score (nSPS) is 34.2. The minimum atomic E-state index is 0.363. The number of hydrogen-bond acceptors (Lipinski definition) is 3. The van der Waals surface area contributed by atoms with E-state index in [1.807, 2.05) is 18.5 Å². The molecule has 2 saturated heterocycles. The average Bonchev–Trinajstić information content (AvgIpc) is 2.92. The Kier molecular flexibility index (Phi) is 2.65. The summed E-state index contributed by atoms with van der Waals surface area (Å²) in [6, 6.07) is 5.01. The van der Waals surface area contributed by atoms with E-state index in [2.05, 4.69) is 23.3 Å². The monoisotopic (exact) mass is 218 g/mol. The van der Waals surface area contributed by atoms with Gasteiger partial charge < -0.3 is 10.1 Å². The molecule has 0 spiro atoms. The van der Waals surface area contributed by atoms with Gasteiger partial charge in [0.15, 0.2) is 0 Å². The Hall–Kier alpha value is -0.930. The number of nitrogens with one attached hydrogen (secondary N) is 1. The third-order valence-corrected chi connectivity index (χ3v) is 3.75. The Labute approximate surface area is 96.2 Å². The minimum Gasteiger partial charge on any atom is -0.373 e. The van der Waals surface area contributed by atoms with Crippen molar-refractivity contribution in [1.29, 1.82) is 0 Å². The van der Waals surface area contributed by atoms with E-state index >= 15 is 0 Å². The second kappa shape index (κ2) is 4.15. The molecule has 3 heterocycles. The van der Waals surface area contributed by atoms with Crippen LogP contribution in [0.3, 0.4) is 0 Å². The molecule has 0 aliphatic carbocycles. The van der Waals surface area contributed by atoms with Gasteiger partial charge in [0.05, 0.1) is 12.2 Å². The van der Waals surface area contributed by atoms with Crippen LogP contribution in [0.2, 0.25) is 0 Å². The summed E-state index contributed by atoms with van der Waals surface area (Å²) >= 11 is 0. The van der Waals surface area contributed by atoms with E-state index in [0.717, 1.165) is 0 Å². The molecule has 86 valence electrons. The molecule has 1 N–H and O–H groups in total. The van der Waals surface area contributed by atoms with Crippen molar-refractivity contribution in [3.05, 3.63) is 30.1 Å². The molecule has 3 rings (SSSR count). The predicted octanol–water partition coefficient (Wildman–Crippen LogP) is 2.05. The summed E-state index contributed by atoms with van der Waals surface area (Å²) in [6.45, 7) is 2.20. The lowest BCUT2D eigenvalue weighted by Crippen LogP contribution is -2.38. The Balaban J connectivity index is 1.63. The van der Waals surface area contributed by atoms with E-state index in [4.69, 9.17) is 4.74 Å². The topological polar surface area (TPSA) is 34.1 Å². The highest BCUT2D eigenvalue weighted by atomic mass is 16.5. The SMILES string of the molecule is CC(NC1CC2CCC1O2)c1cccnc1. The number of pyridine rings is 1. The molecule has 0 saturated carbocycles. The fourth-order valence-corrected chi connectivity index (χ4v) is 2.86. The molecule has 16 heavy (non-hydrogen) atoms.